The highest BCUT2D eigenvalue weighted by molar-refractivity contribution is 7.99. The summed E-state index contributed by atoms with van der Waals surface area (Å²) in [5, 5.41) is 3.49. The second kappa shape index (κ2) is 6.97. The lowest BCUT2D eigenvalue weighted by atomic mass is 10.1. The van der Waals surface area contributed by atoms with E-state index in [1.807, 2.05) is 11.8 Å². The Morgan fingerprint density at radius 2 is 2.06 bits per heavy atom. The van der Waals surface area contributed by atoms with Gasteiger partial charge in [-0.15, -0.1) is 11.8 Å². The molecule has 0 spiro atoms. The van der Waals surface area contributed by atoms with Crippen LogP contribution in [0.4, 0.5) is 0 Å². The molecule has 0 saturated heterocycles. The minimum absolute atomic E-state index is 0.718. The Balaban J connectivity index is 2.54. The predicted molar refractivity (Wildman–Crippen MR) is 74.1 cm³/mol. The molecule has 1 rings (SSSR count). The van der Waals surface area contributed by atoms with Gasteiger partial charge in [0.05, 0.1) is 0 Å². The third-order valence-corrected chi connectivity index (χ3v) is 3.37. The number of rotatable bonds is 6. The molecule has 0 amide bonds. The van der Waals surface area contributed by atoms with Crippen LogP contribution in [0.1, 0.15) is 31.9 Å². The lowest BCUT2D eigenvalue weighted by Gasteiger charge is -2.10. The molecular formula is C14H23NS. The van der Waals surface area contributed by atoms with E-state index in [-0.39, 0.29) is 0 Å². The molecule has 0 aliphatic heterocycles. The molecule has 1 aromatic rings. The quantitative estimate of drug-likeness (QED) is 0.754. The summed E-state index contributed by atoms with van der Waals surface area (Å²) in [4.78, 5) is 1.38. The molecule has 16 heavy (non-hydrogen) atoms. The molecule has 1 N–H and O–H groups in total. The van der Waals surface area contributed by atoms with Crippen molar-refractivity contribution in [1.82, 2.24) is 5.32 Å². The van der Waals surface area contributed by atoms with Crippen molar-refractivity contribution in [2.75, 3.05) is 12.3 Å². The van der Waals surface area contributed by atoms with Gasteiger partial charge in [0.1, 0.15) is 0 Å². The fourth-order valence-corrected chi connectivity index (χ4v) is 2.38. The Morgan fingerprint density at radius 3 is 2.62 bits per heavy atom. The van der Waals surface area contributed by atoms with Gasteiger partial charge in [-0.25, -0.2) is 0 Å². The summed E-state index contributed by atoms with van der Waals surface area (Å²) in [6, 6.07) is 6.77. The van der Waals surface area contributed by atoms with Crippen LogP contribution in [-0.2, 0) is 6.54 Å². The average molecular weight is 237 g/mol. The summed E-state index contributed by atoms with van der Waals surface area (Å²) in [7, 11) is 0. The zero-order chi connectivity index (χ0) is 12.0. The maximum absolute atomic E-state index is 3.49. The van der Waals surface area contributed by atoms with Crippen molar-refractivity contribution in [3.8, 4) is 0 Å². The van der Waals surface area contributed by atoms with Crippen LogP contribution in [0.25, 0.3) is 0 Å². The Kier molecular flexibility index (Phi) is 5.93. The van der Waals surface area contributed by atoms with Crippen molar-refractivity contribution in [2.45, 2.75) is 39.1 Å². The SMILES string of the molecule is CCSc1ccc(CNCC(C)C)c(C)c1. The Morgan fingerprint density at radius 1 is 1.31 bits per heavy atom. The summed E-state index contributed by atoms with van der Waals surface area (Å²) in [5.41, 5.74) is 2.82. The zero-order valence-corrected chi connectivity index (χ0v) is 11.7. The van der Waals surface area contributed by atoms with Crippen LogP contribution < -0.4 is 5.32 Å². The summed E-state index contributed by atoms with van der Waals surface area (Å²) in [6.07, 6.45) is 0. The molecule has 1 aromatic carbocycles. The summed E-state index contributed by atoms with van der Waals surface area (Å²) in [6.45, 7) is 10.9. The number of aryl methyl sites for hydroxylation is 1. The fraction of sp³-hybridized carbons (Fsp3) is 0.571. The van der Waals surface area contributed by atoms with Crippen LogP contribution in [0.5, 0.6) is 0 Å². The van der Waals surface area contributed by atoms with Crippen molar-refractivity contribution in [3.05, 3.63) is 29.3 Å². The van der Waals surface area contributed by atoms with Crippen molar-refractivity contribution >= 4 is 11.8 Å². The Hall–Kier alpha value is -0.470. The third kappa shape index (κ3) is 4.58. The lowest BCUT2D eigenvalue weighted by Crippen LogP contribution is -2.19. The van der Waals surface area contributed by atoms with E-state index in [1.165, 1.54) is 16.0 Å². The summed E-state index contributed by atoms with van der Waals surface area (Å²) < 4.78 is 0. The molecule has 0 bridgehead atoms. The molecule has 1 nitrogen and oxygen atoms in total. The second-order valence-corrected chi connectivity index (χ2v) is 5.88. The van der Waals surface area contributed by atoms with Crippen molar-refractivity contribution < 1.29 is 0 Å². The second-order valence-electron chi connectivity index (χ2n) is 4.55. The Labute approximate surface area is 104 Å². The summed E-state index contributed by atoms with van der Waals surface area (Å²) >= 11 is 1.91. The smallest absolute Gasteiger partial charge is 0.0208 e. The first kappa shape index (κ1) is 13.6. The zero-order valence-electron chi connectivity index (χ0n) is 10.8. The predicted octanol–water partition coefficient (Wildman–Crippen LogP) is 3.85. The molecule has 0 heterocycles. The fourth-order valence-electron chi connectivity index (χ4n) is 1.62. The molecule has 0 unspecified atom stereocenters. The van der Waals surface area contributed by atoms with E-state index in [9.17, 15) is 0 Å². The number of hydrogen-bond donors (Lipinski definition) is 1. The maximum atomic E-state index is 3.49. The Bertz CT molecular complexity index is 321. The van der Waals surface area contributed by atoms with E-state index < -0.39 is 0 Å². The summed E-state index contributed by atoms with van der Waals surface area (Å²) in [5.74, 6) is 1.86. The molecule has 0 aromatic heterocycles. The molecule has 0 aliphatic carbocycles. The van der Waals surface area contributed by atoms with E-state index in [4.69, 9.17) is 0 Å². The molecule has 0 fully saturated rings. The minimum Gasteiger partial charge on any atom is -0.312 e. The number of thioether (sulfide) groups is 1. The normalized spacial score (nSPS) is 11.1. The van der Waals surface area contributed by atoms with Gasteiger partial charge in [0.25, 0.3) is 0 Å². The molecular weight excluding hydrogens is 214 g/mol. The van der Waals surface area contributed by atoms with Gasteiger partial charge in [-0.2, -0.15) is 0 Å². The highest BCUT2D eigenvalue weighted by Gasteiger charge is 2.00. The maximum Gasteiger partial charge on any atom is 0.0208 e. The van der Waals surface area contributed by atoms with Gasteiger partial charge < -0.3 is 5.32 Å². The van der Waals surface area contributed by atoms with Gasteiger partial charge in [-0.1, -0.05) is 26.8 Å². The molecule has 0 atom stereocenters. The van der Waals surface area contributed by atoms with E-state index >= 15 is 0 Å². The standard InChI is InChI=1S/C14H23NS/c1-5-16-14-7-6-13(12(4)8-14)10-15-9-11(2)3/h6-8,11,15H,5,9-10H2,1-4H3. The van der Waals surface area contributed by atoms with Crippen molar-refractivity contribution in [3.63, 3.8) is 0 Å². The van der Waals surface area contributed by atoms with Gasteiger partial charge in [0.2, 0.25) is 0 Å². The van der Waals surface area contributed by atoms with Gasteiger partial charge in [0.15, 0.2) is 0 Å². The van der Waals surface area contributed by atoms with Crippen LogP contribution in [0.3, 0.4) is 0 Å². The highest BCUT2D eigenvalue weighted by Crippen LogP contribution is 2.20. The van der Waals surface area contributed by atoms with E-state index in [0.29, 0.717) is 0 Å². The number of benzene rings is 1. The first-order valence-corrected chi connectivity index (χ1v) is 7.05. The molecule has 90 valence electrons. The first-order valence-electron chi connectivity index (χ1n) is 6.06. The lowest BCUT2D eigenvalue weighted by molar-refractivity contribution is 0.551. The van der Waals surface area contributed by atoms with Crippen LogP contribution in [0, 0.1) is 12.8 Å². The van der Waals surface area contributed by atoms with Crippen LogP contribution in [0.2, 0.25) is 0 Å². The van der Waals surface area contributed by atoms with Gasteiger partial charge >= 0.3 is 0 Å². The average Bonchev–Trinajstić information content (AvgIpc) is 2.21. The molecule has 0 saturated carbocycles. The van der Waals surface area contributed by atoms with Gasteiger partial charge in [-0.05, 0) is 48.4 Å². The largest absolute Gasteiger partial charge is 0.312 e. The van der Waals surface area contributed by atoms with Crippen LogP contribution >= 0.6 is 11.8 Å². The van der Waals surface area contributed by atoms with E-state index in [2.05, 4.69) is 51.2 Å². The van der Waals surface area contributed by atoms with E-state index in [0.717, 1.165) is 24.8 Å². The van der Waals surface area contributed by atoms with Crippen molar-refractivity contribution in [1.29, 1.82) is 0 Å². The number of hydrogen-bond acceptors (Lipinski definition) is 2. The van der Waals surface area contributed by atoms with Crippen molar-refractivity contribution in [2.24, 2.45) is 5.92 Å². The number of nitrogens with one attached hydrogen (secondary N) is 1. The highest BCUT2D eigenvalue weighted by atomic mass is 32.2. The van der Waals surface area contributed by atoms with Gasteiger partial charge in [-0.3, -0.25) is 0 Å². The molecule has 0 aliphatic rings. The minimum atomic E-state index is 0.718. The molecule has 2 heteroatoms. The van der Waals surface area contributed by atoms with Crippen LogP contribution in [0.15, 0.2) is 23.1 Å². The van der Waals surface area contributed by atoms with E-state index in [1.54, 1.807) is 0 Å². The molecule has 0 radical (unpaired) electrons. The third-order valence-electron chi connectivity index (χ3n) is 2.49. The first-order chi connectivity index (χ1) is 7.63. The monoisotopic (exact) mass is 237 g/mol. The topological polar surface area (TPSA) is 12.0 Å². The van der Waals surface area contributed by atoms with Crippen LogP contribution in [-0.4, -0.2) is 12.3 Å². The van der Waals surface area contributed by atoms with Gasteiger partial charge in [0, 0.05) is 11.4 Å².